The van der Waals surface area contributed by atoms with Crippen molar-refractivity contribution in [3.63, 3.8) is 0 Å². The minimum Gasteiger partial charge on any atom is -0.481 e. The number of hydrogen-bond acceptors (Lipinski definition) is 6. The van der Waals surface area contributed by atoms with Gasteiger partial charge in [-0.1, -0.05) is 31.9 Å². The van der Waals surface area contributed by atoms with Gasteiger partial charge in [0.05, 0.1) is 11.8 Å². The zero-order valence-electron chi connectivity index (χ0n) is 18.2. The Bertz CT molecular complexity index is 870. The second kappa shape index (κ2) is 11.8. The molecule has 1 aromatic rings. The molecule has 1 aliphatic carbocycles. The maximum absolute atomic E-state index is 12.7. The number of hydrogen-bond donors (Lipinski definition) is 5. The van der Waals surface area contributed by atoms with E-state index >= 15 is 0 Å². The summed E-state index contributed by atoms with van der Waals surface area (Å²) in [6, 6.07) is 4.85. The van der Waals surface area contributed by atoms with Gasteiger partial charge >= 0.3 is 17.9 Å². The zero-order valence-corrected chi connectivity index (χ0v) is 18.2. The molecule has 0 unspecified atom stereocenters. The van der Waals surface area contributed by atoms with Gasteiger partial charge in [-0.2, -0.15) is 0 Å². The number of ether oxygens (including phenoxy) is 1. The van der Waals surface area contributed by atoms with Gasteiger partial charge in [0.25, 0.3) is 6.10 Å². The topological polar surface area (TPSA) is 179 Å². The van der Waals surface area contributed by atoms with Crippen molar-refractivity contribution in [1.29, 1.82) is 0 Å². The van der Waals surface area contributed by atoms with Gasteiger partial charge in [0.1, 0.15) is 11.8 Å². The lowest BCUT2D eigenvalue weighted by molar-refractivity contribution is -0.159. The first-order chi connectivity index (χ1) is 15.6. The fourth-order valence-corrected chi connectivity index (χ4v) is 3.24. The quantitative estimate of drug-likeness (QED) is 0.195. The van der Waals surface area contributed by atoms with Crippen LogP contribution in [0.3, 0.4) is 0 Å². The molecule has 180 valence electrons. The highest BCUT2D eigenvalue weighted by molar-refractivity contribution is 5.96. The molecule has 0 radical (unpaired) electrons. The van der Waals surface area contributed by atoms with Crippen LogP contribution in [0, 0.1) is 11.8 Å². The van der Waals surface area contributed by atoms with E-state index in [-0.39, 0.29) is 18.6 Å². The van der Waals surface area contributed by atoms with Crippen molar-refractivity contribution in [1.82, 2.24) is 10.6 Å². The molecule has 0 heterocycles. The number of carbonyl (C=O) groups excluding carboxylic acids is 2. The maximum atomic E-state index is 12.7. The summed E-state index contributed by atoms with van der Waals surface area (Å²) < 4.78 is 4.96. The fraction of sp³-hybridized carbons (Fsp3) is 0.500. The van der Waals surface area contributed by atoms with E-state index in [1.807, 2.05) is 6.92 Å². The number of rotatable bonds is 14. The number of carbonyl (C=O) groups is 5. The Morgan fingerprint density at radius 3 is 2.15 bits per heavy atom. The molecule has 0 saturated heterocycles. The van der Waals surface area contributed by atoms with Crippen molar-refractivity contribution in [3.8, 4) is 5.75 Å². The summed E-state index contributed by atoms with van der Waals surface area (Å²) in [5.41, 5.74) is 0.601. The second-order valence-electron chi connectivity index (χ2n) is 7.87. The molecular weight excluding hydrogens is 436 g/mol. The Kier molecular flexibility index (Phi) is 9.19. The molecule has 0 bridgehead atoms. The Labute approximate surface area is 190 Å². The summed E-state index contributed by atoms with van der Waals surface area (Å²) in [5.74, 6) is -6.63. The predicted octanol–water partition coefficient (Wildman–Crippen LogP) is 0.658. The first kappa shape index (κ1) is 25.6. The molecule has 3 atom stereocenters. The normalized spacial score (nSPS) is 17.6. The Morgan fingerprint density at radius 2 is 1.64 bits per heavy atom. The van der Waals surface area contributed by atoms with Crippen LogP contribution in [0.15, 0.2) is 24.3 Å². The number of amides is 2. The fourth-order valence-electron chi connectivity index (χ4n) is 3.24. The summed E-state index contributed by atoms with van der Waals surface area (Å²) in [5, 5.41) is 32.2. The molecule has 1 aromatic carbocycles. The van der Waals surface area contributed by atoms with Crippen molar-refractivity contribution in [2.24, 2.45) is 11.8 Å². The predicted molar refractivity (Wildman–Crippen MR) is 114 cm³/mol. The van der Waals surface area contributed by atoms with Crippen molar-refractivity contribution in [3.05, 3.63) is 29.8 Å². The van der Waals surface area contributed by atoms with Gasteiger partial charge in [0.2, 0.25) is 11.8 Å². The molecule has 0 aliphatic heterocycles. The number of unbranched alkanes of at least 4 members (excludes halogenated alkanes) is 2. The summed E-state index contributed by atoms with van der Waals surface area (Å²) in [6.07, 6.45) is 0.969. The minimum atomic E-state index is -2.06. The molecule has 0 aromatic heterocycles. The summed E-state index contributed by atoms with van der Waals surface area (Å²) in [7, 11) is 0. The second-order valence-corrected chi connectivity index (χ2v) is 7.87. The van der Waals surface area contributed by atoms with Gasteiger partial charge in [-0.25, -0.2) is 9.59 Å². The van der Waals surface area contributed by atoms with Crippen LogP contribution in [-0.2, 0) is 30.4 Å². The standard InChI is InChI=1S/C22H28N2O9/c1-2-3-4-9-23-19(26)16(24-18(25)14-11-15(14)20(27)28)10-12-5-7-13(8-6-12)33-17(21(29)30)22(31)32/h5-8,14-17H,2-4,9-11H2,1H3,(H,23,26)(H,24,25)(H,27,28)(H,29,30)(H,31,32)/t14-,15-,16+/m1/s1. The smallest absolute Gasteiger partial charge is 0.356 e. The van der Waals surface area contributed by atoms with E-state index in [4.69, 9.17) is 20.1 Å². The van der Waals surface area contributed by atoms with E-state index in [2.05, 4.69) is 10.6 Å². The molecule has 2 amide bonds. The van der Waals surface area contributed by atoms with E-state index in [1.54, 1.807) is 0 Å². The van der Waals surface area contributed by atoms with Gasteiger partial charge in [0.15, 0.2) is 0 Å². The zero-order chi connectivity index (χ0) is 24.5. The third-order valence-corrected chi connectivity index (χ3v) is 5.22. The first-order valence-electron chi connectivity index (χ1n) is 10.7. The lowest BCUT2D eigenvalue weighted by atomic mass is 10.0. The largest absolute Gasteiger partial charge is 0.481 e. The Balaban J connectivity index is 2.05. The first-order valence-corrected chi connectivity index (χ1v) is 10.7. The summed E-state index contributed by atoms with van der Waals surface area (Å²) in [4.78, 5) is 58.0. The molecule has 1 fully saturated rings. The van der Waals surface area contributed by atoms with Gasteiger partial charge in [-0.05, 0) is 30.5 Å². The summed E-state index contributed by atoms with van der Waals surface area (Å²) in [6.45, 7) is 2.47. The number of carboxylic acid groups (broad SMARTS) is 3. The van der Waals surface area contributed by atoms with E-state index in [1.165, 1.54) is 24.3 Å². The highest BCUT2D eigenvalue weighted by Crippen LogP contribution is 2.38. The third kappa shape index (κ3) is 7.78. The van der Waals surface area contributed by atoms with Crippen molar-refractivity contribution in [2.75, 3.05) is 6.54 Å². The average Bonchev–Trinajstić information content (AvgIpc) is 3.56. The number of benzene rings is 1. The number of nitrogens with one attached hydrogen (secondary N) is 2. The van der Waals surface area contributed by atoms with Crippen LogP contribution in [0.5, 0.6) is 5.75 Å². The highest BCUT2D eigenvalue weighted by Gasteiger charge is 2.48. The molecule has 33 heavy (non-hydrogen) atoms. The molecule has 11 nitrogen and oxygen atoms in total. The van der Waals surface area contributed by atoms with Crippen LogP contribution in [0.1, 0.15) is 38.2 Å². The van der Waals surface area contributed by atoms with E-state index in [0.29, 0.717) is 12.1 Å². The van der Waals surface area contributed by atoms with E-state index < -0.39 is 53.7 Å². The van der Waals surface area contributed by atoms with E-state index in [0.717, 1.165) is 19.3 Å². The SMILES string of the molecule is CCCCCNC(=O)[C@H](Cc1ccc(OC(C(=O)O)C(=O)O)cc1)NC(=O)[C@@H]1C[C@H]1C(=O)O. The molecule has 5 N–H and O–H groups in total. The third-order valence-electron chi connectivity index (χ3n) is 5.22. The molecule has 11 heteroatoms. The van der Waals surface area contributed by atoms with Crippen LogP contribution in [0.4, 0.5) is 0 Å². The van der Waals surface area contributed by atoms with Crippen LogP contribution in [0.25, 0.3) is 0 Å². The average molecular weight is 464 g/mol. The van der Waals surface area contributed by atoms with Gasteiger partial charge in [-0.15, -0.1) is 0 Å². The van der Waals surface area contributed by atoms with Crippen molar-refractivity contribution >= 4 is 29.7 Å². The molecule has 1 saturated carbocycles. The summed E-state index contributed by atoms with van der Waals surface area (Å²) >= 11 is 0. The van der Waals surface area contributed by atoms with Gasteiger partial charge in [-0.3, -0.25) is 14.4 Å². The van der Waals surface area contributed by atoms with Crippen LogP contribution in [-0.4, -0.2) is 63.7 Å². The number of aliphatic carboxylic acids is 3. The van der Waals surface area contributed by atoms with Gasteiger partial charge < -0.3 is 30.7 Å². The Hall–Kier alpha value is -3.63. The van der Waals surface area contributed by atoms with Crippen molar-refractivity contribution in [2.45, 2.75) is 51.2 Å². The van der Waals surface area contributed by atoms with E-state index in [9.17, 15) is 24.0 Å². The molecular formula is C22H28N2O9. The Morgan fingerprint density at radius 1 is 1.00 bits per heavy atom. The van der Waals surface area contributed by atoms with Crippen LogP contribution in [0.2, 0.25) is 0 Å². The van der Waals surface area contributed by atoms with Crippen LogP contribution >= 0.6 is 0 Å². The molecule has 0 spiro atoms. The lowest BCUT2D eigenvalue weighted by Gasteiger charge is -2.19. The molecule has 1 aliphatic rings. The monoisotopic (exact) mass is 464 g/mol. The maximum Gasteiger partial charge on any atom is 0.356 e. The highest BCUT2D eigenvalue weighted by atomic mass is 16.5. The van der Waals surface area contributed by atoms with Crippen LogP contribution < -0.4 is 15.4 Å². The number of carboxylic acids is 3. The van der Waals surface area contributed by atoms with Gasteiger partial charge in [0, 0.05) is 13.0 Å². The minimum absolute atomic E-state index is 0.0143. The molecule has 2 rings (SSSR count). The lowest BCUT2D eigenvalue weighted by Crippen LogP contribution is -2.49. The van der Waals surface area contributed by atoms with Crippen molar-refractivity contribution < 1.29 is 44.0 Å².